The summed E-state index contributed by atoms with van der Waals surface area (Å²) in [5, 5.41) is 3.06. The van der Waals surface area contributed by atoms with Crippen LogP contribution in [0.1, 0.15) is 17.9 Å². The number of esters is 1. The Balaban J connectivity index is 2.45. The van der Waals surface area contributed by atoms with Gasteiger partial charge in [0.25, 0.3) is 0 Å². The average Bonchev–Trinajstić information content (AvgIpc) is 2.29. The SMILES string of the molecule is COC(=O)C1CCNc2cc(F)c(Cl)cc21. The summed E-state index contributed by atoms with van der Waals surface area (Å²) >= 11 is 5.70. The van der Waals surface area contributed by atoms with Gasteiger partial charge < -0.3 is 10.1 Å². The van der Waals surface area contributed by atoms with Gasteiger partial charge in [-0.3, -0.25) is 4.79 Å². The first kappa shape index (κ1) is 11.2. The molecule has 0 saturated heterocycles. The van der Waals surface area contributed by atoms with Gasteiger partial charge in [0.1, 0.15) is 5.82 Å². The van der Waals surface area contributed by atoms with E-state index in [0.717, 1.165) is 0 Å². The number of hydrogen-bond acceptors (Lipinski definition) is 3. The average molecular weight is 244 g/mol. The van der Waals surface area contributed by atoms with Gasteiger partial charge in [-0.2, -0.15) is 0 Å². The predicted octanol–water partition coefficient (Wildman–Crippen LogP) is 2.55. The maximum atomic E-state index is 13.2. The van der Waals surface area contributed by atoms with Gasteiger partial charge in [-0.25, -0.2) is 4.39 Å². The lowest BCUT2D eigenvalue weighted by Gasteiger charge is -2.25. The lowest BCUT2D eigenvalue weighted by atomic mass is 9.91. The Bertz CT molecular complexity index is 436. The number of carbonyl (C=O) groups is 1. The summed E-state index contributed by atoms with van der Waals surface area (Å²) in [5.41, 5.74) is 1.31. The topological polar surface area (TPSA) is 38.3 Å². The highest BCUT2D eigenvalue weighted by Gasteiger charge is 2.28. The van der Waals surface area contributed by atoms with Crippen molar-refractivity contribution in [3.05, 3.63) is 28.5 Å². The molecule has 1 aromatic carbocycles. The molecule has 0 saturated carbocycles. The van der Waals surface area contributed by atoms with Crippen LogP contribution >= 0.6 is 11.6 Å². The standard InChI is InChI=1S/C11H11ClFNO2/c1-16-11(15)6-2-3-14-10-5-9(13)8(12)4-7(6)10/h4-6,14H,2-3H2,1H3. The van der Waals surface area contributed by atoms with E-state index in [1.807, 2.05) is 0 Å². The maximum Gasteiger partial charge on any atom is 0.313 e. The Morgan fingerprint density at radius 2 is 2.38 bits per heavy atom. The number of rotatable bonds is 1. The Kier molecular flexibility index (Phi) is 3.01. The van der Waals surface area contributed by atoms with Gasteiger partial charge in [0.2, 0.25) is 0 Å². The molecule has 0 spiro atoms. The first-order valence-electron chi connectivity index (χ1n) is 4.94. The van der Waals surface area contributed by atoms with E-state index in [1.165, 1.54) is 19.2 Å². The van der Waals surface area contributed by atoms with Crippen molar-refractivity contribution in [2.45, 2.75) is 12.3 Å². The number of fused-ring (bicyclic) bond motifs is 1. The molecule has 1 aliphatic heterocycles. The highest BCUT2D eigenvalue weighted by molar-refractivity contribution is 6.31. The van der Waals surface area contributed by atoms with Crippen LogP contribution in [-0.2, 0) is 9.53 Å². The first-order chi connectivity index (χ1) is 7.63. The quantitative estimate of drug-likeness (QED) is 0.771. The molecule has 0 aliphatic carbocycles. The lowest BCUT2D eigenvalue weighted by Crippen LogP contribution is -2.24. The number of ether oxygens (including phenoxy) is 1. The third kappa shape index (κ3) is 1.85. The summed E-state index contributed by atoms with van der Waals surface area (Å²) in [7, 11) is 1.34. The van der Waals surface area contributed by atoms with Crippen molar-refractivity contribution < 1.29 is 13.9 Å². The Morgan fingerprint density at radius 1 is 1.62 bits per heavy atom. The smallest absolute Gasteiger partial charge is 0.313 e. The molecule has 0 amide bonds. The third-order valence-corrected chi connectivity index (χ3v) is 2.99. The second-order valence-corrected chi connectivity index (χ2v) is 4.05. The fraction of sp³-hybridized carbons (Fsp3) is 0.364. The number of anilines is 1. The molecule has 0 fully saturated rings. The van der Waals surface area contributed by atoms with Crippen LogP contribution in [-0.4, -0.2) is 19.6 Å². The van der Waals surface area contributed by atoms with Crippen LogP contribution in [0.5, 0.6) is 0 Å². The minimum atomic E-state index is -0.488. The van der Waals surface area contributed by atoms with Gasteiger partial charge in [-0.1, -0.05) is 11.6 Å². The van der Waals surface area contributed by atoms with Crippen LogP contribution < -0.4 is 5.32 Å². The predicted molar refractivity (Wildman–Crippen MR) is 59.3 cm³/mol. The van der Waals surface area contributed by atoms with E-state index in [4.69, 9.17) is 16.3 Å². The van der Waals surface area contributed by atoms with E-state index < -0.39 is 5.82 Å². The summed E-state index contributed by atoms with van der Waals surface area (Å²) in [6.45, 7) is 0.619. The zero-order valence-electron chi connectivity index (χ0n) is 8.72. The van der Waals surface area contributed by atoms with Gasteiger partial charge in [0.15, 0.2) is 0 Å². The van der Waals surface area contributed by atoms with Gasteiger partial charge in [0, 0.05) is 12.2 Å². The number of methoxy groups -OCH3 is 1. The Hall–Kier alpha value is -1.29. The zero-order valence-corrected chi connectivity index (χ0v) is 9.47. The number of benzene rings is 1. The van der Waals surface area contributed by atoms with Crippen molar-refractivity contribution in [1.82, 2.24) is 0 Å². The molecule has 0 radical (unpaired) electrons. The number of nitrogens with one attached hydrogen (secondary N) is 1. The van der Waals surface area contributed by atoms with Crippen LogP contribution in [0.4, 0.5) is 10.1 Å². The molecule has 2 rings (SSSR count). The maximum absolute atomic E-state index is 13.2. The second-order valence-electron chi connectivity index (χ2n) is 3.64. The molecule has 3 nitrogen and oxygen atoms in total. The fourth-order valence-corrected chi connectivity index (χ4v) is 2.07. The lowest BCUT2D eigenvalue weighted by molar-refractivity contribution is -0.142. The molecule has 16 heavy (non-hydrogen) atoms. The third-order valence-electron chi connectivity index (χ3n) is 2.70. The molecule has 1 aliphatic rings. The molecule has 86 valence electrons. The largest absolute Gasteiger partial charge is 0.469 e. The van der Waals surface area contributed by atoms with Crippen LogP contribution in [0.25, 0.3) is 0 Å². The van der Waals surface area contributed by atoms with E-state index in [1.54, 1.807) is 0 Å². The van der Waals surface area contributed by atoms with Crippen molar-refractivity contribution in [3.63, 3.8) is 0 Å². The summed E-state index contributed by atoms with van der Waals surface area (Å²) < 4.78 is 17.9. The molecular formula is C11H11ClFNO2. The fourth-order valence-electron chi connectivity index (χ4n) is 1.90. The van der Waals surface area contributed by atoms with Crippen molar-refractivity contribution in [2.75, 3.05) is 19.0 Å². The van der Waals surface area contributed by atoms with E-state index in [-0.39, 0.29) is 16.9 Å². The molecule has 1 heterocycles. The minimum absolute atomic E-state index is 0.0244. The molecule has 1 unspecified atom stereocenters. The summed E-state index contributed by atoms with van der Waals surface area (Å²) in [4.78, 5) is 11.5. The van der Waals surface area contributed by atoms with Gasteiger partial charge in [-0.15, -0.1) is 0 Å². The molecule has 0 bridgehead atoms. The van der Waals surface area contributed by atoms with Crippen LogP contribution in [0.15, 0.2) is 12.1 Å². The molecule has 1 atom stereocenters. The van der Waals surface area contributed by atoms with E-state index in [2.05, 4.69) is 5.32 Å². The highest BCUT2D eigenvalue weighted by Crippen LogP contribution is 2.35. The van der Waals surface area contributed by atoms with Crippen molar-refractivity contribution in [1.29, 1.82) is 0 Å². The summed E-state index contributed by atoms with van der Waals surface area (Å²) in [6, 6.07) is 2.80. The normalized spacial score (nSPS) is 18.6. The van der Waals surface area contributed by atoms with E-state index in [9.17, 15) is 9.18 Å². The molecule has 0 aromatic heterocycles. The van der Waals surface area contributed by atoms with Crippen LogP contribution in [0, 0.1) is 5.82 Å². The Morgan fingerprint density at radius 3 is 3.06 bits per heavy atom. The second kappa shape index (κ2) is 4.29. The molecule has 1 N–H and O–H groups in total. The Labute approximate surface area is 97.5 Å². The minimum Gasteiger partial charge on any atom is -0.469 e. The zero-order chi connectivity index (χ0) is 11.7. The number of carbonyl (C=O) groups excluding carboxylic acids is 1. The molecular weight excluding hydrogens is 233 g/mol. The number of hydrogen-bond donors (Lipinski definition) is 1. The molecule has 5 heteroatoms. The summed E-state index contributed by atoms with van der Waals surface area (Å²) in [6.07, 6.45) is 0.627. The highest BCUT2D eigenvalue weighted by atomic mass is 35.5. The van der Waals surface area contributed by atoms with Crippen molar-refractivity contribution >= 4 is 23.3 Å². The monoisotopic (exact) mass is 243 g/mol. The van der Waals surface area contributed by atoms with Crippen molar-refractivity contribution in [2.24, 2.45) is 0 Å². The van der Waals surface area contributed by atoms with Gasteiger partial charge >= 0.3 is 5.97 Å². The van der Waals surface area contributed by atoms with Gasteiger partial charge in [0.05, 0.1) is 18.1 Å². The van der Waals surface area contributed by atoms with Crippen molar-refractivity contribution in [3.8, 4) is 0 Å². The first-order valence-corrected chi connectivity index (χ1v) is 5.32. The van der Waals surface area contributed by atoms with Gasteiger partial charge in [-0.05, 0) is 24.1 Å². The van der Waals surface area contributed by atoms with Crippen LogP contribution in [0.3, 0.4) is 0 Å². The van der Waals surface area contributed by atoms with E-state index in [0.29, 0.717) is 24.2 Å². The number of halogens is 2. The molecule has 1 aromatic rings. The van der Waals surface area contributed by atoms with Crippen LogP contribution in [0.2, 0.25) is 5.02 Å². The summed E-state index contributed by atoms with van der Waals surface area (Å²) in [5.74, 6) is -1.16. The van der Waals surface area contributed by atoms with E-state index >= 15 is 0 Å².